The quantitative estimate of drug-likeness (QED) is 0.250. The third-order valence-electron chi connectivity index (χ3n) is 2.43. The van der Waals surface area contributed by atoms with Gasteiger partial charge >= 0.3 is 0 Å². The van der Waals surface area contributed by atoms with Crippen molar-refractivity contribution >= 4 is 11.7 Å². The Morgan fingerprint density at radius 2 is 1.87 bits per heavy atom. The van der Waals surface area contributed by atoms with Crippen molar-refractivity contribution in [2.75, 3.05) is 0 Å². The van der Waals surface area contributed by atoms with Gasteiger partial charge in [-0.05, 0) is 12.3 Å². The summed E-state index contributed by atoms with van der Waals surface area (Å²) in [5, 5.41) is 0. The van der Waals surface area contributed by atoms with Crippen LogP contribution in [0.5, 0.6) is 0 Å². The lowest BCUT2D eigenvalue weighted by atomic mass is 9.88. The largest absolute Gasteiger partial charge is 0.321 e. The average molecular weight is 215 g/mol. The molecule has 5 nitrogen and oxygen atoms in total. The molecule has 1 unspecified atom stereocenters. The van der Waals surface area contributed by atoms with Crippen molar-refractivity contribution < 1.29 is 9.59 Å². The minimum atomic E-state index is -0.711. The molecule has 88 valence electrons. The van der Waals surface area contributed by atoms with Crippen LogP contribution in [0.1, 0.15) is 33.6 Å². The highest BCUT2D eigenvalue weighted by Gasteiger charge is 2.30. The van der Waals surface area contributed by atoms with Crippen LogP contribution in [0.2, 0.25) is 0 Å². The molecule has 5 N–H and O–H groups in total. The van der Waals surface area contributed by atoms with Crippen LogP contribution < -0.4 is 17.0 Å². The second-order valence-corrected chi connectivity index (χ2v) is 4.02. The number of hydrogen-bond acceptors (Lipinski definition) is 4. The summed E-state index contributed by atoms with van der Waals surface area (Å²) >= 11 is 0. The summed E-state index contributed by atoms with van der Waals surface area (Å²) in [7, 11) is 0. The highest BCUT2D eigenvalue weighted by Crippen LogP contribution is 2.13. The predicted octanol–water partition coefficient (Wildman–Crippen LogP) is -0.0550. The Kier molecular flexibility index (Phi) is 6.12. The van der Waals surface area contributed by atoms with Crippen LogP contribution in [0.3, 0.4) is 0 Å². The van der Waals surface area contributed by atoms with Gasteiger partial charge in [-0.25, -0.2) is 5.84 Å². The molecule has 0 aliphatic rings. The normalized spacial score (nSPS) is 14.8. The fourth-order valence-corrected chi connectivity index (χ4v) is 1.35. The van der Waals surface area contributed by atoms with Crippen LogP contribution in [0, 0.1) is 11.8 Å². The topological polar surface area (TPSA) is 98.2 Å². The molecule has 2 atom stereocenters. The lowest BCUT2D eigenvalue weighted by molar-refractivity contribution is -0.135. The summed E-state index contributed by atoms with van der Waals surface area (Å²) in [6, 6.07) is -0.598. The summed E-state index contributed by atoms with van der Waals surface area (Å²) in [6.07, 6.45) is 1.23. The van der Waals surface area contributed by atoms with Crippen LogP contribution >= 0.6 is 0 Å². The SMILES string of the molecule is CCCC(C(=O)NN)C(=O)[C@@H](N)C(C)C. The number of hydrazine groups is 1. The second kappa shape index (κ2) is 6.53. The minimum Gasteiger partial charge on any atom is -0.321 e. The predicted molar refractivity (Wildman–Crippen MR) is 58.5 cm³/mol. The Morgan fingerprint density at radius 1 is 1.33 bits per heavy atom. The van der Waals surface area contributed by atoms with E-state index in [2.05, 4.69) is 0 Å². The molecule has 0 aromatic rings. The molecular weight excluding hydrogens is 194 g/mol. The van der Waals surface area contributed by atoms with Gasteiger partial charge in [0.1, 0.15) is 0 Å². The molecule has 0 aliphatic carbocycles. The van der Waals surface area contributed by atoms with Crippen LogP contribution in [0.4, 0.5) is 0 Å². The lowest BCUT2D eigenvalue weighted by Crippen LogP contribution is -2.47. The molecule has 0 radical (unpaired) electrons. The monoisotopic (exact) mass is 215 g/mol. The van der Waals surface area contributed by atoms with Crippen LogP contribution in [-0.2, 0) is 9.59 Å². The number of Topliss-reactive ketones (excluding diaryl/α,β-unsaturated/α-hetero) is 1. The zero-order valence-electron chi connectivity index (χ0n) is 9.62. The maximum absolute atomic E-state index is 11.8. The molecule has 0 aromatic heterocycles. The standard InChI is InChI=1S/C10H21N3O2/c1-4-5-7(10(15)13-12)9(14)8(11)6(2)3/h6-8H,4-5,11-12H2,1-3H3,(H,13,15)/t7?,8-/m0/s1. The molecule has 0 aliphatic heterocycles. The van der Waals surface area contributed by atoms with E-state index in [4.69, 9.17) is 11.6 Å². The number of carbonyl (C=O) groups excluding carboxylic acids is 2. The Hall–Kier alpha value is -0.940. The fraction of sp³-hybridized carbons (Fsp3) is 0.800. The smallest absolute Gasteiger partial charge is 0.244 e. The Morgan fingerprint density at radius 3 is 2.20 bits per heavy atom. The number of nitrogens with one attached hydrogen (secondary N) is 1. The summed E-state index contributed by atoms with van der Waals surface area (Å²) in [5.74, 6) is 3.67. The van der Waals surface area contributed by atoms with Gasteiger partial charge in [-0.1, -0.05) is 27.2 Å². The summed E-state index contributed by atoms with van der Waals surface area (Å²) in [6.45, 7) is 5.61. The van der Waals surface area contributed by atoms with Crippen molar-refractivity contribution in [3.8, 4) is 0 Å². The summed E-state index contributed by atoms with van der Waals surface area (Å²) < 4.78 is 0. The third-order valence-corrected chi connectivity index (χ3v) is 2.43. The summed E-state index contributed by atoms with van der Waals surface area (Å²) in [5.41, 5.74) is 7.72. The van der Waals surface area contributed by atoms with E-state index in [1.807, 2.05) is 26.2 Å². The van der Waals surface area contributed by atoms with Gasteiger partial charge in [-0.3, -0.25) is 15.0 Å². The van der Waals surface area contributed by atoms with Crippen molar-refractivity contribution in [3.05, 3.63) is 0 Å². The van der Waals surface area contributed by atoms with Gasteiger partial charge in [0.15, 0.2) is 5.78 Å². The Bertz CT molecular complexity index is 229. The second-order valence-electron chi connectivity index (χ2n) is 4.02. The maximum atomic E-state index is 11.8. The molecular formula is C10H21N3O2. The Balaban J connectivity index is 4.62. The zero-order chi connectivity index (χ0) is 12.0. The third kappa shape index (κ3) is 3.97. The molecule has 0 rings (SSSR count). The van der Waals surface area contributed by atoms with Gasteiger partial charge in [0, 0.05) is 0 Å². The van der Waals surface area contributed by atoms with Crippen LogP contribution in [0.15, 0.2) is 0 Å². The van der Waals surface area contributed by atoms with Gasteiger partial charge in [-0.2, -0.15) is 0 Å². The van der Waals surface area contributed by atoms with Crippen LogP contribution in [-0.4, -0.2) is 17.7 Å². The number of amides is 1. The van der Waals surface area contributed by atoms with Crippen molar-refractivity contribution in [3.63, 3.8) is 0 Å². The molecule has 15 heavy (non-hydrogen) atoms. The van der Waals surface area contributed by atoms with Gasteiger partial charge < -0.3 is 5.73 Å². The van der Waals surface area contributed by atoms with Crippen molar-refractivity contribution in [1.29, 1.82) is 0 Å². The highest BCUT2D eigenvalue weighted by atomic mass is 16.2. The first-order valence-electron chi connectivity index (χ1n) is 5.25. The molecule has 0 aromatic carbocycles. The van der Waals surface area contributed by atoms with Crippen molar-refractivity contribution in [2.45, 2.75) is 39.7 Å². The minimum absolute atomic E-state index is 0.0300. The van der Waals surface area contributed by atoms with Gasteiger partial charge in [0.25, 0.3) is 0 Å². The number of hydrogen-bond donors (Lipinski definition) is 3. The maximum Gasteiger partial charge on any atom is 0.244 e. The van der Waals surface area contributed by atoms with E-state index in [0.717, 1.165) is 6.42 Å². The molecule has 0 spiro atoms. The molecule has 0 saturated carbocycles. The zero-order valence-corrected chi connectivity index (χ0v) is 9.62. The van der Waals surface area contributed by atoms with E-state index < -0.39 is 17.9 Å². The first-order chi connectivity index (χ1) is 6.95. The molecule has 5 heteroatoms. The molecule has 0 heterocycles. The van der Waals surface area contributed by atoms with Gasteiger partial charge in [0.2, 0.25) is 5.91 Å². The number of rotatable bonds is 6. The molecule has 1 amide bonds. The molecule has 0 saturated heterocycles. The Labute approximate surface area is 90.5 Å². The van der Waals surface area contributed by atoms with Gasteiger partial charge in [-0.15, -0.1) is 0 Å². The molecule has 0 bridgehead atoms. The molecule has 0 fully saturated rings. The van der Waals surface area contributed by atoms with E-state index in [9.17, 15) is 9.59 Å². The lowest BCUT2D eigenvalue weighted by Gasteiger charge is -2.20. The van der Waals surface area contributed by atoms with E-state index >= 15 is 0 Å². The van der Waals surface area contributed by atoms with Crippen molar-refractivity contribution in [2.24, 2.45) is 23.4 Å². The number of ketones is 1. The summed E-state index contributed by atoms with van der Waals surface area (Å²) in [4.78, 5) is 23.2. The van der Waals surface area contributed by atoms with E-state index in [1.54, 1.807) is 0 Å². The van der Waals surface area contributed by atoms with Gasteiger partial charge in [0.05, 0.1) is 12.0 Å². The van der Waals surface area contributed by atoms with E-state index in [-0.39, 0.29) is 11.7 Å². The van der Waals surface area contributed by atoms with Crippen LogP contribution in [0.25, 0.3) is 0 Å². The number of carbonyl (C=O) groups is 2. The first-order valence-corrected chi connectivity index (χ1v) is 5.25. The average Bonchev–Trinajstić information content (AvgIpc) is 2.22. The highest BCUT2D eigenvalue weighted by molar-refractivity contribution is 6.03. The number of nitrogens with two attached hydrogens (primary N) is 2. The fourth-order valence-electron chi connectivity index (χ4n) is 1.35. The van der Waals surface area contributed by atoms with E-state index in [0.29, 0.717) is 6.42 Å². The first kappa shape index (κ1) is 14.1. The van der Waals surface area contributed by atoms with Crippen molar-refractivity contribution in [1.82, 2.24) is 5.43 Å². The van der Waals surface area contributed by atoms with E-state index in [1.165, 1.54) is 0 Å².